The van der Waals surface area contributed by atoms with Gasteiger partial charge in [-0.1, -0.05) is 6.92 Å². The normalized spacial score (nSPS) is 18.8. The highest BCUT2D eigenvalue weighted by molar-refractivity contribution is 5.95. The number of anilines is 1. The predicted molar refractivity (Wildman–Crippen MR) is 115 cm³/mol. The number of aliphatic hydroxyl groups excluding tert-OH is 1. The molecule has 2 aromatic rings. The quantitative estimate of drug-likeness (QED) is 0.692. The average Bonchev–Trinajstić information content (AvgIpc) is 3.10. The molecular formula is C22H24F2N6O3. The minimum Gasteiger partial charge on any atom is -0.393 e. The number of nitrogens with zero attached hydrogens (tertiary/aromatic N) is 5. The molecule has 0 spiro atoms. The molecule has 2 unspecified atom stereocenters. The third-order valence-corrected chi connectivity index (χ3v) is 6.24. The first-order valence-electron chi connectivity index (χ1n) is 10.7. The van der Waals surface area contributed by atoms with E-state index < -0.39 is 29.5 Å². The van der Waals surface area contributed by atoms with Crippen LogP contribution in [0.3, 0.4) is 0 Å². The molecule has 0 bridgehead atoms. The van der Waals surface area contributed by atoms with E-state index in [4.69, 9.17) is 6.57 Å². The van der Waals surface area contributed by atoms with Crippen molar-refractivity contribution in [2.45, 2.75) is 39.0 Å². The van der Waals surface area contributed by atoms with Crippen LogP contribution in [-0.2, 0) is 19.5 Å². The number of aromatic nitrogens is 2. The van der Waals surface area contributed by atoms with Crippen LogP contribution in [0.5, 0.6) is 0 Å². The van der Waals surface area contributed by atoms with Gasteiger partial charge in [0.2, 0.25) is 0 Å². The fourth-order valence-electron chi connectivity index (χ4n) is 4.38. The Morgan fingerprint density at radius 3 is 2.85 bits per heavy atom. The van der Waals surface area contributed by atoms with E-state index >= 15 is 0 Å². The van der Waals surface area contributed by atoms with E-state index in [1.165, 1.54) is 4.90 Å². The second-order valence-corrected chi connectivity index (χ2v) is 8.35. The van der Waals surface area contributed by atoms with Crippen molar-refractivity contribution in [2.75, 3.05) is 25.5 Å². The molecule has 0 saturated heterocycles. The Morgan fingerprint density at radius 2 is 2.15 bits per heavy atom. The number of fused-ring (bicyclic) bond motifs is 3. The Labute approximate surface area is 189 Å². The molecule has 4 rings (SSSR count). The van der Waals surface area contributed by atoms with Crippen LogP contribution in [0.2, 0.25) is 0 Å². The largest absolute Gasteiger partial charge is 0.393 e. The van der Waals surface area contributed by atoms with Crippen LogP contribution < -0.4 is 5.32 Å². The molecule has 11 heteroatoms. The zero-order valence-corrected chi connectivity index (χ0v) is 18.3. The summed E-state index contributed by atoms with van der Waals surface area (Å²) in [6.07, 6.45) is 0.396. The molecule has 1 aromatic heterocycles. The molecule has 2 aliphatic heterocycles. The Morgan fingerprint density at radius 1 is 1.39 bits per heavy atom. The van der Waals surface area contributed by atoms with E-state index in [0.717, 1.165) is 12.1 Å². The maximum absolute atomic E-state index is 14.4. The van der Waals surface area contributed by atoms with Gasteiger partial charge in [-0.15, -0.1) is 0 Å². The number of urea groups is 1. The minimum absolute atomic E-state index is 0.0928. The summed E-state index contributed by atoms with van der Waals surface area (Å²) in [6.45, 7) is 9.97. The lowest BCUT2D eigenvalue weighted by Gasteiger charge is -2.28. The SMILES string of the molecule is [C-]#[N+]c1c(F)ccc(NC(=O)N2CCc3nn4c(c3C2)C(=O)N(C)CC(C(O)CC)C4)c1F. The molecule has 3 heterocycles. The highest BCUT2D eigenvalue weighted by Gasteiger charge is 2.36. The van der Waals surface area contributed by atoms with Crippen LogP contribution in [0.25, 0.3) is 4.85 Å². The van der Waals surface area contributed by atoms with Crippen molar-refractivity contribution in [3.63, 3.8) is 0 Å². The van der Waals surface area contributed by atoms with Gasteiger partial charge in [0, 0.05) is 44.6 Å². The van der Waals surface area contributed by atoms with Crippen molar-refractivity contribution in [3.8, 4) is 0 Å². The van der Waals surface area contributed by atoms with Gasteiger partial charge in [-0.3, -0.25) is 9.48 Å². The summed E-state index contributed by atoms with van der Waals surface area (Å²) in [5.74, 6) is -2.53. The van der Waals surface area contributed by atoms with Crippen molar-refractivity contribution in [1.29, 1.82) is 0 Å². The van der Waals surface area contributed by atoms with E-state index in [1.54, 1.807) is 16.6 Å². The number of carbonyl (C=O) groups is 2. The Balaban J connectivity index is 1.59. The average molecular weight is 458 g/mol. The molecule has 2 aliphatic rings. The highest BCUT2D eigenvalue weighted by atomic mass is 19.1. The van der Waals surface area contributed by atoms with E-state index in [-0.39, 0.29) is 24.1 Å². The number of hydrogen-bond donors (Lipinski definition) is 2. The summed E-state index contributed by atoms with van der Waals surface area (Å²) in [5.41, 5.74) is 0.651. The van der Waals surface area contributed by atoms with Gasteiger partial charge < -0.3 is 20.2 Å². The molecule has 1 aromatic carbocycles. The van der Waals surface area contributed by atoms with Gasteiger partial charge in [-0.25, -0.2) is 18.4 Å². The molecule has 0 fully saturated rings. The summed E-state index contributed by atoms with van der Waals surface area (Å²) in [6, 6.07) is 1.36. The molecule has 0 radical (unpaired) electrons. The lowest BCUT2D eigenvalue weighted by Crippen LogP contribution is -2.40. The summed E-state index contributed by atoms with van der Waals surface area (Å²) >= 11 is 0. The van der Waals surface area contributed by atoms with Gasteiger partial charge in [0.05, 0.1) is 30.6 Å². The number of benzene rings is 1. The zero-order chi connectivity index (χ0) is 23.9. The first-order valence-corrected chi connectivity index (χ1v) is 10.7. The topological polar surface area (TPSA) is 95.1 Å². The molecular weight excluding hydrogens is 434 g/mol. The summed E-state index contributed by atoms with van der Waals surface area (Å²) in [5, 5.41) is 17.3. The van der Waals surface area contributed by atoms with Crippen LogP contribution in [0.15, 0.2) is 12.1 Å². The Bertz CT molecular complexity index is 1160. The Kier molecular flexibility index (Phi) is 6.03. The predicted octanol–water partition coefficient (Wildman–Crippen LogP) is 2.77. The first kappa shape index (κ1) is 22.7. The van der Waals surface area contributed by atoms with Crippen molar-refractivity contribution in [1.82, 2.24) is 19.6 Å². The molecule has 0 aliphatic carbocycles. The number of rotatable bonds is 3. The monoisotopic (exact) mass is 458 g/mol. The fraction of sp³-hybridized carbons (Fsp3) is 0.455. The second kappa shape index (κ2) is 8.78. The molecule has 174 valence electrons. The maximum atomic E-state index is 14.4. The van der Waals surface area contributed by atoms with Crippen LogP contribution in [0.4, 0.5) is 25.0 Å². The van der Waals surface area contributed by atoms with E-state index in [0.29, 0.717) is 49.4 Å². The molecule has 2 N–H and O–H groups in total. The van der Waals surface area contributed by atoms with Gasteiger partial charge in [-0.05, 0) is 18.6 Å². The summed E-state index contributed by atoms with van der Waals surface area (Å²) < 4.78 is 29.6. The van der Waals surface area contributed by atoms with Gasteiger partial charge in [0.1, 0.15) is 11.5 Å². The zero-order valence-electron chi connectivity index (χ0n) is 18.3. The number of nitrogens with one attached hydrogen (secondary N) is 1. The lowest BCUT2D eigenvalue weighted by molar-refractivity contribution is 0.0626. The molecule has 9 nitrogen and oxygen atoms in total. The number of amides is 3. The van der Waals surface area contributed by atoms with Gasteiger partial charge >= 0.3 is 6.03 Å². The third kappa shape index (κ3) is 4.02. The second-order valence-electron chi connectivity index (χ2n) is 8.35. The van der Waals surface area contributed by atoms with Crippen molar-refractivity contribution in [3.05, 3.63) is 52.1 Å². The highest BCUT2D eigenvalue weighted by Crippen LogP contribution is 2.30. The van der Waals surface area contributed by atoms with Crippen molar-refractivity contribution >= 4 is 23.3 Å². The maximum Gasteiger partial charge on any atom is 0.322 e. The van der Waals surface area contributed by atoms with E-state index in [2.05, 4.69) is 15.3 Å². The Hall–Kier alpha value is -3.52. The van der Waals surface area contributed by atoms with E-state index in [1.807, 2.05) is 6.92 Å². The molecule has 3 amide bonds. The lowest BCUT2D eigenvalue weighted by atomic mass is 10.0. The van der Waals surface area contributed by atoms with Crippen molar-refractivity contribution in [2.24, 2.45) is 5.92 Å². The van der Waals surface area contributed by atoms with Crippen LogP contribution in [0.1, 0.15) is 35.1 Å². The van der Waals surface area contributed by atoms with Gasteiger partial charge in [0.25, 0.3) is 11.6 Å². The van der Waals surface area contributed by atoms with Crippen LogP contribution in [0, 0.1) is 24.1 Å². The summed E-state index contributed by atoms with van der Waals surface area (Å²) in [7, 11) is 1.67. The third-order valence-electron chi connectivity index (χ3n) is 6.24. The number of halogens is 2. The van der Waals surface area contributed by atoms with Crippen LogP contribution in [-0.4, -0.2) is 62.9 Å². The first-order chi connectivity index (χ1) is 15.7. The smallest absolute Gasteiger partial charge is 0.322 e. The fourth-order valence-corrected chi connectivity index (χ4v) is 4.38. The minimum atomic E-state index is -1.13. The number of hydrogen-bond acceptors (Lipinski definition) is 4. The molecule has 2 atom stereocenters. The van der Waals surface area contributed by atoms with Crippen molar-refractivity contribution < 1.29 is 23.5 Å². The number of carbonyl (C=O) groups excluding carboxylic acids is 2. The summed E-state index contributed by atoms with van der Waals surface area (Å²) in [4.78, 5) is 31.7. The van der Waals surface area contributed by atoms with E-state index in [9.17, 15) is 23.5 Å². The molecule has 0 saturated carbocycles. The molecule has 33 heavy (non-hydrogen) atoms. The standard InChI is InChI=1S/C22H24F2N6O3/c1-4-17(31)12-9-28(3)21(32)20-13-11-29(8-7-15(13)27-30(20)10-12)22(33)26-16-6-5-14(23)19(25-2)18(16)24/h5-6,12,17,31H,4,7-11H2,1,3H3,(H,26,33). The van der Waals surface area contributed by atoms with Crippen LogP contribution >= 0.6 is 0 Å². The van der Waals surface area contributed by atoms with Gasteiger partial charge in [-0.2, -0.15) is 5.10 Å². The van der Waals surface area contributed by atoms with Gasteiger partial charge in [0.15, 0.2) is 5.82 Å². The number of aliphatic hydroxyl groups is 1.